The zero-order valence-electron chi connectivity index (χ0n) is 18.9. The zero-order chi connectivity index (χ0) is 23.9. The van der Waals surface area contributed by atoms with E-state index in [1.807, 2.05) is 12.1 Å². The number of esters is 1. The largest absolute Gasteiger partial charge is 0.468 e. The van der Waals surface area contributed by atoms with Gasteiger partial charge in [0, 0.05) is 16.8 Å². The normalized spacial score (nSPS) is 11.8. The van der Waals surface area contributed by atoms with E-state index in [0.29, 0.717) is 11.3 Å². The first kappa shape index (κ1) is 24.6. The summed E-state index contributed by atoms with van der Waals surface area (Å²) < 4.78 is 4.48. The van der Waals surface area contributed by atoms with Gasteiger partial charge in [0.05, 0.1) is 7.11 Å². The molecule has 0 spiro atoms. The van der Waals surface area contributed by atoms with Crippen LogP contribution in [0.2, 0.25) is 0 Å². The molecule has 2 aromatic rings. The van der Waals surface area contributed by atoms with Crippen LogP contribution in [-0.2, 0) is 19.7 Å². The van der Waals surface area contributed by atoms with Gasteiger partial charge in [-0.3, -0.25) is 19.2 Å². The van der Waals surface area contributed by atoms with Gasteiger partial charge in [-0.25, -0.2) is 0 Å². The fraction of sp³-hybridized carbons (Fsp3) is 0.333. The van der Waals surface area contributed by atoms with Crippen molar-refractivity contribution in [2.45, 2.75) is 39.2 Å². The van der Waals surface area contributed by atoms with Gasteiger partial charge < -0.3 is 20.7 Å². The van der Waals surface area contributed by atoms with Crippen molar-refractivity contribution < 1.29 is 23.9 Å². The fourth-order valence-electron chi connectivity index (χ4n) is 2.78. The van der Waals surface area contributed by atoms with Crippen molar-refractivity contribution in [1.29, 1.82) is 0 Å². The van der Waals surface area contributed by atoms with Crippen molar-refractivity contribution in [3.05, 3.63) is 65.2 Å². The summed E-state index contributed by atoms with van der Waals surface area (Å²) in [6, 6.07) is 12.7. The molecule has 0 fully saturated rings. The number of amides is 3. The first-order valence-corrected chi connectivity index (χ1v) is 10.2. The Labute approximate surface area is 187 Å². The number of benzene rings is 2. The second kappa shape index (κ2) is 10.6. The quantitative estimate of drug-likeness (QED) is 0.574. The van der Waals surface area contributed by atoms with Crippen molar-refractivity contribution in [2.24, 2.45) is 0 Å². The molecule has 0 saturated heterocycles. The molecule has 0 aliphatic rings. The summed E-state index contributed by atoms with van der Waals surface area (Å²) in [4.78, 5) is 48.3. The summed E-state index contributed by atoms with van der Waals surface area (Å²) in [5.41, 5.74) is 2.20. The van der Waals surface area contributed by atoms with E-state index in [4.69, 9.17) is 0 Å². The van der Waals surface area contributed by atoms with Crippen LogP contribution >= 0.6 is 0 Å². The van der Waals surface area contributed by atoms with Gasteiger partial charge in [0.25, 0.3) is 11.8 Å². The maximum atomic E-state index is 12.5. The number of nitrogens with one attached hydrogen (secondary N) is 3. The fourth-order valence-corrected chi connectivity index (χ4v) is 2.78. The van der Waals surface area contributed by atoms with Crippen LogP contribution in [0, 0.1) is 0 Å². The molecule has 0 aromatic heterocycles. The summed E-state index contributed by atoms with van der Waals surface area (Å²) in [6.45, 7) is 7.58. The van der Waals surface area contributed by atoms with Crippen LogP contribution in [0.1, 0.15) is 54.0 Å². The smallest absolute Gasteiger partial charge is 0.325 e. The maximum absolute atomic E-state index is 12.5. The van der Waals surface area contributed by atoms with Gasteiger partial charge in [-0.2, -0.15) is 0 Å². The van der Waals surface area contributed by atoms with Gasteiger partial charge in [0.15, 0.2) is 0 Å². The zero-order valence-corrected chi connectivity index (χ0v) is 18.9. The van der Waals surface area contributed by atoms with Crippen LogP contribution in [0.3, 0.4) is 0 Å². The SMILES string of the molecule is COC(=O)CNC(=O)c1cccc(NC(=O)C(C)NC(=O)c2ccc(C(C)(C)C)cc2)c1. The molecule has 1 atom stereocenters. The number of anilines is 1. The first-order valence-electron chi connectivity index (χ1n) is 10.2. The molecule has 0 saturated carbocycles. The number of ether oxygens (including phenoxy) is 1. The third kappa shape index (κ3) is 6.94. The molecular weight excluding hydrogens is 410 g/mol. The molecule has 1 unspecified atom stereocenters. The summed E-state index contributed by atoms with van der Waals surface area (Å²) in [5, 5.41) is 7.77. The highest BCUT2D eigenvalue weighted by molar-refractivity contribution is 6.02. The molecule has 0 radical (unpaired) electrons. The predicted molar refractivity (Wildman–Crippen MR) is 121 cm³/mol. The lowest BCUT2D eigenvalue weighted by Gasteiger charge is -2.19. The molecular formula is C24H29N3O5. The Kier molecular flexibility index (Phi) is 8.12. The monoisotopic (exact) mass is 439 g/mol. The molecule has 2 rings (SSSR count). The van der Waals surface area contributed by atoms with Crippen LogP contribution in [0.25, 0.3) is 0 Å². The first-order chi connectivity index (χ1) is 15.0. The van der Waals surface area contributed by atoms with Gasteiger partial charge >= 0.3 is 5.97 Å². The minimum Gasteiger partial charge on any atom is -0.468 e. The van der Waals surface area contributed by atoms with Crippen molar-refractivity contribution in [2.75, 3.05) is 19.0 Å². The van der Waals surface area contributed by atoms with Gasteiger partial charge in [-0.1, -0.05) is 39.0 Å². The van der Waals surface area contributed by atoms with Crippen molar-refractivity contribution in [3.8, 4) is 0 Å². The Balaban J connectivity index is 1.96. The van der Waals surface area contributed by atoms with Gasteiger partial charge in [-0.15, -0.1) is 0 Å². The van der Waals surface area contributed by atoms with E-state index in [9.17, 15) is 19.2 Å². The highest BCUT2D eigenvalue weighted by Gasteiger charge is 2.19. The Morgan fingerprint density at radius 1 is 0.938 bits per heavy atom. The topological polar surface area (TPSA) is 114 Å². The second-order valence-corrected chi connectivity index (χ2v) is 8.35. The predicted octanol–water partition coefficient (Wildman–Crippen LogP) is 2.64. The molecule has 8 heteroatoms. The number of methoxy groups -OCH3 is 1. The Bertz CT molecular complexity index is 993. The molecule has 0 bridgehead atoms. The lowest BCUT2D eigenvalue weighted by Crippen LogP contribution is -2.41. The number of carbonyl (C=O) groups excluding carboxylic acids is 4. The Morgan fingerprint density at radius 3 is 2.19 bits per heavy atom. The van der Waals surface area contributed by atoms with E-state index in [1.54, 1.807) is 37.3 Å². The lowest BCUT2D eigenvalue weighted by molar-refractivity contribution is -0.139. The second-order valence-electron chi connectivity index (χ2n) is 8.35. The van der Waals surface area contributed by atoms with E-state index >= 15 is 0 Å². The third-order valence-electron chi connectivity index (χ3n) is 4.77. The highest BCUT2D eigenvalue weighted by atomic mass is 16.5. The summed E-state index contributed by atoms with van der Waals surface area (Å²) in [5.74, 6) is -1.84. The van der Waals surface area contributed by atoms with Gasteiger partial charge in [-0.05, 0) is 48.2 Å². The van der Waals surface area contributed by atoms with Crippen molar-refractivity contribution in [1.82, 2.24) is 10.6 Å². The van der Waals surface area contributed by atoms with Gasteiger partial charge in [0.2, 0.25) is 5.91 Å². The van der Waals surface area contributed by atoms with E-state index in [-0.39, 0.29) is 23.4 Å². The maximum Gasteiger partial charge on any atom is 0.325 e. The van der Waals surface area contributed by atoms with E-state index in [2.05, 4.69) is 41.5 Å². The molecule has 0 heterocycles. The molecule has 3 amide bonds. The van der Waals surface area contributed by atoms with Crippen LogP contribution in [-0.4, -0.2) is 43.4 Å². The standard InChI is InChI=1S/C24H29N3O5/c1-15(26-23(31)16-9-11-18(12-10-16)24(2,3)4)21(29)27-19-8-6-7-17(13-19)22(30)25-14-20(28)32-5/h6-13,15H,14H2,1-5H3,(H,25,30)(H,26,31)(H,27,29). The molecule has 0 aliphatic carbocycles. The number of rotatable bonds is 7. The summed E-state index contributed by atoms with van der Waals surface area (Å²) in [7, 11) is 1.23. The van der Waals surface area contributed by atoms with Crippen molar-refractivity contribution >= 4 is 29.4 Å². The number of hydrogen-bond donors (Lipinski definition) is 3. The summed E-state index contributed by atoms with van der Waals surface area (Å²) >= 11 is 0. The molecule has 2 aromatic carbocycles. The molecule has 32 heavy (non-hydrogen) atoms. The van der Waals surface area contributed by atoms with Crippen LogP contribution in [0.15, 0.2) is 48.5 Å². The molecule has 8 nitrogen and oxygen atoms in total. The summed E-state index contributed by atoms with van der Waals surface area (Å²) in [6.07, 6.45) is 0. The third-order valence-corrected chi connectivity index (χ3v) is 4.77. The average Bonchev–Trinajstić information content (AvgIpc) is 2.76. The van der Waals surface area contributed by atoms with Crippen LogP contribution < -0.4 is 16.0 Å². The number of hydrogen-bond acceptors (Lipinski definition) is 5. The molecule has 0 aliphatic heterocycles. The lowest BCUT2D eigenvalue weighted by atomic mass is 9.86. The number of carbonyl (C=O) groups is 4. The highest BCUT2D eigenvalue weighted by Crippen LogP contribution is 2.22. The van der Waals surface area contributed by atoms with E-state index in [0.717, 1.165) is 5.56 Å². The van der Waals surface area contributed by atoms with Gasteiger partial charge in [0.1, 0.15) is 12.6 Å². The van der Waals surface area contributed by atoms with E-state index in [1.165, 1.54) is 13.2 Å². The minimum atomic E-state index is -0.804. The van der Waals surface area contributed by atoms with Crippen molar-refractivity contribution in [3.63, 3.8) is 0 Å². The Morgan fingerprint density at radius 2 is 1.59 bits per heavy atom. The van der Waals surface area contributed by atoms with Crippen LogP contribution in [0.5, 0.6) is 0 Å². The average molecular weight is 440 g/mol. The van der Waals surface area contributed by atoms with Crippen LogP contribution in [0.4, 0.5) is 5.69 Å². The Hall–Kier alpha value is -3.68. The molecule has 170 valence electrons. The minimum absolute atomic E-state index is 0.0209. The molecule has 3 N–H and O–H groups in total. The van der Waals surface area contributed by atoms with E-state index < -0.39 is 23.8 Å².